The number of hydrogen-bond donors (Lipinski definition) is 1. The van der Waals surface area contributed by atoms with Gasteiger partial charge < -0.3 is 15.0 Å². The highest BCUT2D eigenvalue weighted by atomic mass is 16.5. The number of amides is 2. The van der Waals surface area contributed by atoms with E-state index in [-0.39, 0.29) is 18.4 Å². The van der Waals surface area contributed by atoms with Crippen molar-refractivity contribution in [3.63, 3.8) is 0 Å². The van der Waals surface area contributed by atoms with E-state index < -0.39 is 12.0 Å². The summed E-state index contributed by atoms with van der Waals surface area (Å²) in [4.78, 5) is 37.1. The van der Waals surface area contributed by atoms with Crippen LogP contribution in [0.5, 0.6) is 0 Å². The Bertz CT molecular complexity index is 584. The molecule has 1 unspecified atom stereocenters. The summed E-state index contributed by atoms with van der Waals surface area (Å²) in [6.45, 7) is 3.80. The Morgan fingerprint density at radius 2 is 1.92 bits per heavy atom. The van der Waals surface area contributed by atoms with Gasteiger partial charge in [-0.2, -0.15) is 0 Å². The number of esters is 1. The van der Waals surface area contributed by atoms with Gasteiger partial charge >= 0.3 is 5.97 Å². The molecule has 0 bridgehead atoms. The van der Waals surface area contributed by atoms with Crippen LogP contribution < -0.4 is 5.32 Å². The van der Waals surface area contributed by atoms with Crippen LogP contribution >= 0.6 is 0 Å². The van der Waals surface area contributed by atoms with Crippen LogP contribution in [0.4, 0.5) is 0 Å². The number of carbonyl (C=O) groups is 3. The molecule has 1 N–H and O–H groups in total. The van der Waals surface area contributed by atoms with Crippen molar-refractivity contribution >= 4 is 23.9 Å². The van der Waals surface area contributed by atoms with E-state index in [1.165, 1.54) is 18.1 Å². The Kier molecular flexibility index (Phi) is 8.25. The Labute approximate surface area is 142 Å². The van der Waals surface area contributed by atoms with Crippen molar-refractivity contribution in [3.05, 3.63) is 42.0 Å². The van der Waals surface area contributed by atoms with Crippen LogP contribution in [0.25, 0.3) is 6.08 Å². The highest BCUT2D eigenvalue weighted by Crippen LogP contribution is 2.02. The van der Waals surface area contributed by atoms with Gasteiger partial charge in [-0.05, 0) is 25.0 Å². The van der Waals surface area contributed by atoms with Gasteiger partial charge in [0.2, 0.25) is 11.8 Å². The number of nitrogens with zero attached hydrogens (tertiary/aromatic N) is 1. The van der Waals surface area contributed by atoms with Gasteiger partial charge in [-0.3, -0.25) is 14.4 Å². The minimum Gasteiger partial charge on any atom is -0.468 e. The molecule has 6 heteroatoms. The molecule has 0 saturated carbocycles. The molecule has 0 spiro atoms. The van der Waals surface area contributed by atoms with Crippen LogP contribution in [0.15, 0.2) is 36.4 Å². The average molecular weight is 332 g/mol. The van der Waals surface area contributed by atoms with Crippen LogP contribution in [0.1, 0.15) is 25.8 Å². The number of ether oxygens (including phenoxy) is 1. The number of methoxy groups -OCH3 is 1. The molecule has 24 heavy (non-hydrogen) atoms. The summed E-state index contributed by atoms with van der Waals surface area (Å²) in [5.41, 5.74) is 0.893. The molecule has 130 valence electrons. The third-order valence-corrected chi connectivity index (χ3v) is 3.31. The van der Waals surface area contributed by atoms with Crippen LogP contribution in [0.2, 0.25) is 0 Å². The Morgan fingerprint density at radius 3 is 2.50 bits per heavy atom. The Morgan fingerprint density at radius 1 is 1.25 bits per heavy atom. The fourth-order valence-electron chi connectivity index (χ4n) is 2.09. The van der Waals surface area contributed by atoms with Gasteiger partial charge in [-0.25, -0.2) is 0 Å². The normalized spacial score (nSPS) is 11.8. The minimum absolute atomic E-state index is 0.122. The maximum atomic E-state index is 12.4. The van der Waals surface area contributed by atoms with Gasteiger partial charge in [0.1, 0.15) is 12.6 Å². The molecule has 1 aromatic carbocycles. The van der Waals surface area contributed by atoms with Crippen LogP contribution in [-0.4, -0.2) is 48.9 Å². The lowest BCUT2D eigenvalue weighted by Gasteiger charge is -2.24. The molecule has 1 atom stereocenters. The zero-order valence-corrected chi connectivity index (χ0v) is 14.3. The molecule has 0 fully saturated rings. The summed E-state index contributed by atoms with van der Waals surface area (Å²) < 4.78 is 4.59. The second-order valence-corrected chi connectivity index (χ2v) is 5.31. The lowest BCUT2D eigenvalue weighted by Crippen LogP contribution is -2.48. The van der Waals surface area contributed by atoms with E-state index in [4.69, 9.17) is 0 Å². The molecule has 1 aromatic rings. The molecule has 2 amide bonds. The first-order valence-corrected chi connectivity index (χ1v) is 7.87. The summed E-state index contributed by atoms with van der Waals surface area (Å²) in [5, 5.41) is 2.61. The van der Waals surface area contributed by atoms with Crippen LogP contribution in [-0.2, 0) is 19.1 Å². The molecule has 0 aliphatic rings. The van der Waals surface area contributed by atoms with E-state index in [9.17, 15) is 14.4 Å². The third-order valence-electron chi connectivity index (χ3n) is 3.31. The van der Waals surface area contributed by atoms with E-state index in [2.05, 4.69) is 10.1 Å². The summed E-state index contributed by atoms with van der Waals surface area (Å²) in [6.07, 6.45) is 3.76. The lowest BCUT2D eigenvalue weighted by molar-refractivity contribution is -0.147. The minimum atomic E-state index is -0.728. The predicted octanol–water partition coefficient (Wildman–Crippen LogP) is 1.62. The fraction of sp³-hybridized carbons (Fsp3) is 0.389. The maximum absolute atomic E-state index is 12.4. The second-order valence-electron chi connectivity index (χ2n) is 5.31. The van der Waals surface area contributed by atoms with Gasteiger partial charge in [-0.1, -0.05) is 37.3 Å². The molecule has 0 saturated heterocycles. The van der Waals surface area contributed by atoms with Crippen molar-refractivity contribution in [1.82, 2.24) is 10.2 Å². The van der Waals surface area contributed by atoms with Crippen molar-refractivity contribution < 1.29 is 19.1 Å². The molecule has 0 radical (unpaired) electrons. The van der Waals surface area contributed by atoms with Crippen molar-refractivity contribution in [2.45, 2.75) is 26.3 Å². The number of hydrogen-bond acceptors (Lipinski definition) is 4. The van der Waals surface area contributed by atoms with E-state index in [0.29, 0.717) is 13.0 Å². The van der Waals surface area contributed by atoms with Crippen LogP contribution in [0.3, 0.4) is 0 Å². The van der Waals surface area contributed by atoms with Gasteiger partial charge in [0.25, 0.3) is 0 Å². The fourth-order valence-corrected chi connectivity index (χ4v) is 2.09. The lowest BCUT2D eigenvalue weighted by atomic mass is 10.2. The maximum Gasteiger partial charge on any atom is 0.325 e. The molecular weight excluding hydrogens is 308 g/mol. The summed E-state index contributed by atoms with van der Waals surface area (Å²) in [5.74, 6) is -1.17. The van der Waals surface area contributed by atoms with E-state index in [1.807, 2.05) is 37.3 Å². The highest BCUT2D eigenvalue weighted by Gasteiger charge is 2.23. The number of benzene rings is 1. The largest absolute Gasteiger partial charge is 0.468 e. The first-order chi connectivity index (χ1) is 11.5. The SMILES string of the molecule is CCCN(CC(=O)OC)C(=O)C(C)NC(=O)/C=C/c1ccccc1. The Hall–Kier alpha value is -2.63. The summed E-state index contributed by atoms with van der Waals surface area (Å²) in [6, 6.07) is 8.66. The zero-order valence-electron chi connectivity index (χ0n) is 14.3. The molecule has 0 aromatic heterocycles. The van der Waals surface area contributed by atoms with Gasteiger partial charge in [0.05, 0.1) is 7.11 Å². The average Bonchev–Trinajstić information content (AvgIpc) is 2.59. The van der Waals surface area contributed by atoms with Crippen molar-refractivity contribution in [1.29, 1.82) is 0 Å². The predicted molar refractivity (Wildman–Crippen MR) is 92.0 cm³/mol. The third kappa shape index (κ3) is 6.64. The quantitative estimate of drug-likeness (QED) is 0.580. The second kappa shape index (κ2) is 10.2. The molecule has 0 aliphatic heterocycles. The number of rotatable bonds is 8. The molecular formula is C18H24N2O4. The van der Waals surface area contributed by atoms with Crippen LogP contribution in [0, 0.1) is 0 Å². The number of nitrogens with one attached hydrogen (secondary N) is 1. The smallest absolute Gasteiger partial charge is 0.325 e. The molecule has 0 aliphatic carbocycles. The topological polar surface area (TPSA) is 75.7 Å². The molecule has 1 rings (SSSR count). The van der Waals surface area contributed by atoms with E-state index >= 15 is 0 Å². The molecule has 6 nitrogen and oxygen atoms in total. The monoisotopic (exact) mass is 332 g/mol. The van der Waals surface area contributed by atoms with Crippen molar-refractivity contribution in [2.75, 3.05) is 20.2 Å². The Balaban J connectivity index is 2.61. The highest BCUT2D eigenvalue weighted by molar-refractivity contribution is 5.95. The van der Waals surface area contributed by atoms with E-state index in [0.717, 1.165) is 5.56 Å². The summed E-state index contributed by atoms with van der Waals surface area (Å²) >= 11 is 0. The van der Waals surface area contributed by atoms with Crippen molar-refractivity contribution in [3.8, 4) is 0 Å². The van der Waals surface area contributed by atoms with Gasteiger partial charge in [-0.15, -0.1) is 0 Å². The molecule has 0 heterocycles. The number of carbonyl (C=O) groups excluding carboxylic acids is 3. The van der Waals surface area contributed by atoms with E-state index in [1.54, 1.807) is 13.0 Å². The standard InChI is InChI=1S/C18H24N2O4/c1-4-12-20(13-17(22)24-3)18(23)14(2)19-16(21)11-10-15-8-6-5-7-9-15/h5-11,14H,4,12-13H2,1-3H3,(H,19,21)/b11-10+. The van der Waals surface area contributed by atoms with Gasteiger partial charge in [0.15, 0.2) is 0 Å². The first-order valence-electron chi connectivity index (χ1n) is 7.87. The van der Waals surface area contributed by atoms with Gasteiger partial charge in [0, 0.05) is 12.6 Å². The summed E-state index contributed by atoms with van der Waals surface area (Å²) in [7, 11) is 1.27. The first kappa shape index (κ1) is 19.4. The zero-order chi connectivity index (χ0) is 17.9. The van der Waals surface area contributed by atoms with Crippen molar-refractivity contribution in [2.24, 2.45) is 0 Å².